The Kier molecular flexibility index (Phi) is 22.7. The Morgan fingerprint density at radius 3 is 1.80 bits per heavy atom. The van der Waals surface area contributed by atoms with Crippen molar-refractivity contribution in [2.75, 3.05) is 47.8 Å². The van der Waals surface area contributed by atoms with Crippen molar-refractivity contribution in [1.29, 1.82) is 0 Å². The summed E-state index contributed by atoms with van der Waals surface area (Å²) in [5, 5.41) is 20.1. The third-order valence-electron chi connectivity index (χ3n) is 17.3. The second-order valence-corrected chi connectivity index (χ2v) is 25.2. The number of amides is 8. The van der Waals surface area contributed by atoms with E-state index in [0.29, 0.717) is 24.0 Å². The average Bonchev–Trinajstić information content (AvgIpc) is 2.70. The van der Waals surface area contributed by atoms with E-state index in [4.69, 9.17) is 14.0 Å². The number of likely N-dealkylation sites (N-methyl/N-ethyl adjacent to an activating group) is 4. The van der Waals surface area contributed by atoms with E-state index in [0.717, 1.165) is 15.3 Å². The lowest BCUT2D eigenvalue weighted by Crippen LogP contribution is -2.61. The minimum Gasteiger partial charge on any atom is -0.450 e. The highest BCUT2D eigenvalue weighted by atomic mass is 16.7. The van der Waals surface area contributed by atoms with Gasteiger partial charge in [0, 0.05) is 60.0 Å². The third-order valence-corrected chi connectivity index (χ3v) is 17.3. The molecule has 458 valence electrons. The lowest BCUT2D eigenvalue weighted by molar-refractivity contribution is -0.177. The number of carbonyl (C=O) groups is 9. The first-order chi connectivity index (χ1) is 38.6. The van der Waals surface area contributed by atoms with Crippen LogP contribution in [0.1, 0.15) is 127 Å². The van der Waals surface area contributed by atoms with E-state index in [9.17, 15) is 38.7 Å². The monoisotopic (exact) mass is 1160 g/mol. The highest BCUT2D eigenvalue weighted by molar-refractivity contribution is 6.62. The summed E-state index contributed by atoms with van der Waals surface area (Å²) in [6.07, 6.45) is -0.379. The molecule has 4 N–H and O–H groups in total. The Balaban J connectivity index is 1.60. The summed E-state index contributed by atoms with van der Waals surface area (Å²) in [6.45, 7) is 22.3. The number of aliphatic hydroxyl groups is 1. The molecule has 10 unspecified atom stereocenters. The van der Waals surface area contributed by atoms with E-state index in [-0.39, 0.29) is 44.7 Å². The van der Waals surface area contributed by atoms with Gasteiger partial charge < -0.3 is 59.6 Å². The average molecular weight is 1160 g/mol. The van der Waals surface area contributed by atoms with E-state index >= 15 is 9.59 Å². The number of cyclic esters (lactones) is 1. The van der Waals surface area contributed by atoms with Crippen molar-refractivity contribution in [2.45, 2.75) is 188 Å². The molecule has 83 heavy (non-hydrogen) atoms. The fraction of sp³-hybridized carbons (Fsp3) is 0.656. The number of rotatable bonds is 12. The summed E-state index contributed by atoms with van der Waals surface area (Å²) in [4.78, 5) is 137. The van der Waals surface area contributed by atoms with Crippen molar-refractivity contribution < 1.29 is 62.3 Å². The highest BCUT2D eigenvalue weighted by Crippen LogP contribution is 2.36. The maximum Gasteiger partial charge on any atom is 0.494 e. The third kappa shape index (κ3) is 16.5. The van der Waals surface area contributed by atoms with Gasteiger partial charge in [-0.05, 0) is 96.2 Å². The molecule has 2 bridgehead atoms. The number of benzene rings is 2. The molecule has 8 amide bonds. The first-order valence-corrected chi connectivity index (χ1v) is 29.3. The molecule has 5 rings (SSSR count). The number of ether oxygens (including phenoxy) is 1. The number of nitrogens with zero attached hydrogens (tertiary/aromatic N) is 5. The summed E-state index contributed by atoms with van der Waals surface area (Å²) in [5.41, 5.74) is -1.03. The van der Waals surface area contributed by atoms with Crippen molar-refractivity contribution in [1.82, 2.24) is 40.4 Å². The zero-order valence-electron chi connectivity index (χ0n) is 52.1. The van der Waals surface area contributed by atoms with E-state index < -0.39 is 144 Å². The highest BCUT2D eigenvalue weighted by Gasteiger charge is 2.52. The molecule has 0 spiro atoms. The summed E-state index contributed by atoms with van der Waals surface area (Å²) >= 11 is 0. The van der Waals surface area contributed by atoms with Crippen LogP contribution in [-0.4, -0.2) is 197 Å². The molecule has 0 aliphatic carbocycles. The normalized spacial score (nSPS) is 27.0. The van der Waals surface area contributed by atoms with Crippen molar-refractivity contribution in [3.63, 3.8) is 0 Å². The topological polar surface area (TPSA) is 254 Å². The number of esters is 1. The summed E-state index contributed by atoms with van der Waals surface area (Å²) in [7, 11) is 4.90. The van der Waals surface area contributed by atoms with Gasteiger partial charge >= 0.3 is 13.1 Å². The van der Waals surface area contributed by atoms with Crippen LogP contribution >= 0.6 is 0 Å². The van der Waals surface area contributed by atoms with Crippen molar-refractivity contribution in [2.24, 2.45) is 23.7 Å². The van der Waals surface area contributed by atoms with Gasteiger partial charge in [-0.15, -0.1) is 0 Å². The lowest BCUT2D eigenvalue weighted by atomic mass is 9.78. The number of hydrogen-bond acceptors (Lipinski definition) is 13. The van der Waals surface area contributed by atoms with Gasteiger partial charge in [-0.1, -0.05) is 103 Å². The Labute approximate surface area is 491 Å². The molecule has 3 aliphatic rings. The van der Waals surface area contributed by atoms with Crippen molar-refractivity contribution in [3.8, 4) is 0 Å². The number of fused-ring (bicyclic) bond motifs is 2. The van der Waals surface area contributed by atoms with E-state index in [2.05, 4.69) is 16.0 Å². The Morgan fingerprint density at radius 2 is 1.24 bits per heavy atom. The summed E-state index contributed by atoms with van der Waals surface area (Å²) in [6, 6.07) is 8.60. The first kappa shape index (κ1) is 67.4. The van der Waals surface area contributed by atoms with Crippen LogP contribution in [0.2, 0.25) is 0 Å². The van der Waals surface area contributed by atoms with Crippen molar-refractivity contribution in [3.05, 3.63) is 65.7 Å². The number of hydrogen-bond donors (Lipinski definition) is 4. The second-order valence-electron chi connectivity index (χ2n) is 25.2. The van der Waals surface area contributed by atoms with E-state index in [1.807, 2.05) is 78.8 Å². The van der Waals surface area contributed by atoms with Gasteiger partial charge in [0.15, 0.2) is 12.1 Å². The van der Waals surface area contributed by atoms with E-state index in [1.165, 1.54) is 63.7 Å². The lowest BCUT2D eigenvalue weighted by Gasteiger charge is -2.38. The molecule has 0 saturated carbocycles. The maximum absolute atomic E-state index is 15.3. The molecule has 2 aromatic carbocycles. The fourth-order valence-electron chi connectivity index (χ4n) is 10.6. The quantitative estimate of drug-likeness (QED) is 0.177. The van der Waals surface area contributed by atoms with Gasteiger partial charge in [0.2, 0.25) is 41.4 Å². The Morgan fingerprint density at radius 1 is 0.675 bits per heavy atom. The molecule has 0 radical (unpaired) electrons. The van der Waals surface area contributed by atoms with Crippen LogP contribution in [0.4, 0.5) is 0 Å². The van der Waals surface area contributed by atoms with Crippen LogP contribution in [-0.2, 0) is 70.0 Å². The first-order valence-electron chi connectivity index (χ1n) is 29.3. The molecular weight excluding hydrogens is 1060 g/mol. The van der Waals surface area contributed by atoms with Crippen LogP contribution in [0, 0.1) is 23.7 Å². The van der Waals surface area contributed by atoms with Crippen LogP contribution in [0.15, 0.2) is 54.6 Å². The van der Waals surface area contributed by atoms with Crippen molar-refractivity contribution >= 4 is 65.8 Å². The summed E-state index contributed by atoms with van der Waals surface area (Å²) < 4.78 is 18.6. The maximum atomic E-state index is 15.3. The molecule has 2 aromatic rings. The van der Waals surface area contributed by atoms with Crippen LogP contribution < -0.4 is 21.4 Å². The van der Waals surface area contributed by atoms with E-state index in [1.54, 1.807) is 45.0 Å². The smallest absolute Gasteiger partial charge is 0.450 e. The number of carbonyl (C=O) groups excluding carboxylic acids is 9. The van der Waals surface area contributed by atoms with Gasteiger partial charge in [0.05, 0.1) is 29.3 Å². The Hall–Kier alpha value is -6.39. The molecular formula is C61H93BN8O13. The second kappa shape index (κ2) is 28.0. The molecule has 0 aromatic heterocycles. The van der Waals surface area contributed by atoms with Gasteiger partial charge in [-0.3, -0.25) is 38.4 Å². The standard InChI is InChI=1S/C61H93BN8O13/c1-18-37(5)48-56(77)66(14)35-47(71)63-44(31-36(3)4)54(75)69(17)50(59(8,9)80)58(79)81-49(38(6)19-2)57(78)67(15)39(7)51(72)64-45(32-40-23-21-20-22-24-40)53(74)68(16)46(55(76)70-30-29-42(34-70)52(73)65-48)33-41-25-27-43(28-26-41)62-82-60(10,11)61(12,13)83-62/h20-28,36-39,42,44-46,48-50,80H,18-19,29-35H2,1-17H3,(H,63,71)(H,64,72)(H,65,73). The molecule has 3 heterocycles. The van der Waals surface area contributed by atoms with Gasteiger partial charge in [0.25, 0.3) is 5.91 Å². The van der Waals surface area contributed by atoms with Gasteiger partial charge in [-0.2, -0.15) is 0 Å². The molecule has 10 atom stereocenters. The molecule has 21 nitrogen and oxygen atoms in total. The van der Waals surface area contributed by atoms with Gasteiger partial charge in [0.1, 0.15) is 30.2 Å². The largest absolute Gasteiger partial charge is 0.494 e. The molecule has 3 aliphatic heterocycles. The molecule has 22 heteroatoms. The van der Waals surface area contributed by atoms with Gasteiger partial charge in [-0.25, -0.2) is 4.79 Å². The molecule has 3 saturated heterocycles. The Bertz CT molecular complexity index is 2630. The van der Waals surface area contributed by atoms with Crippen LogP contribution in [0.25, 0.3) is 0 Å². The van der Waals surface area contributed by atoms with Crippen LogP contribution in [0.3, 0.4) is 0 Å². The summed E-state index contributed by atoms with van der Waals surface area (Å²) in [5.74, 6) is -8.20. The van der Waals surface area contributed by atoms with Crippen LogP contribution in [0.5, 0.6) is 0 Å². The predicted molar refractivity (Wildman–Crippen MR) is 314 cm³/mol. The number of nitrogens with one attached hydrogen (secondary N) is 3. The SMILES string of the molecule is CCC(C)C1NC(=O)C2CCN(C2)C(=O)C(Cc2ccc(B3OC(C)(C)C(C)(C)O3)cc2)N(C)C(=O)C(Cc2ccccc2)NC(=O)C(C)N(C)C(=O)C(C(C)CC)OC(=O)C(C(C)(C)O)N(C)C(=O)C(CC(C)C)NC(=O)CN(C)C1=O. The minimum atomic E-state index is -1.97. The fourth-order valence-corrected chi connectivity index (χ4v) is 10.6. The molecule has 3 fully saturated rings. The zero-order valence-corrected chi connectivity index (χ0v) is 52.1. The minimum absolute atomic E-state index is 0.0135. The predicted octanol–water partition coefficient (Wildman–Crippen LogP) is 2.87. The zero-order chi connectivity index (χ0) is 62.2.